The minimum atomic E-state index is -0.432. The average molecular weight is 442 g/mol. The van der Waals surface area contributed by atoms with Crippen molar-refractivity contribution in [1.29, 1.82) is 0 Å². The molecule has 31 heavy (non-hydrogen) atoms. The number of phenolic OH excluding ortho intramolecular Hbond substituents is 1. The predicted molar refractivity (Wildman–Crippen MR) is 117 cm³/mol. The molecule has 1 N–H and O–H groups in total. The molecule has 1 amide bonds. The molecule has 0 atom stereocenters. The van der Waals surface area contributed by atoms with Gasteiger partial charge in [-0.3, -0.25) is 4.79 Å². The number of aromatic hydroxyl groups is 1. The number of ether oxygens (including phenoxy) is 3. The van der Waals surface area contributed by atoms with Crippen molar-refractivity contribution < 1.29 is 28.9 Å². The summed E-state index contributed by atoms with van der Waals surface area (Å²) in [6, 6.07) is 8.24. The van der Waals surface area contributed by atoms with Gasteiger partial charge in [0, 0.05) is 13.1 Å². The molecule has 2 heterocycles. The van der Waals surface area contributed by atoms with Crippen LogP contribution in [-0.2, 0) is 0 Å². The molecular formula is C23H23NO6S. The van der Waals surface area contributed by atoms with Gasteiger partial charge in [0.15, 0.2) is 11.5 Å². The molecule has 0 aromatic heterocycles. The van der Waals surface area contributed by atoms with Crippen molar-refractivity contribution in [3.8, 4) is 23.0 Å². The second-order valence-corrected chi connectivity index (χ2v) is 8.31. The summed E-state index contributed by atoms with van der Waals surface area (Å²) in [6.45, 7) is 1.32. The number of carbonyl (C=O) groups excluding carboxylic acids is 2. The fourth-order valence-electron chi connectivity index (χ4n) is 3.66. The van der Waals surface area contributed by atoms with E-state index >= 15 is 0 Å². The number of amides is 1. The van der Waals surface area contributed by atoms with Gasteiger partial charge in [-0.1, -0.05) is 17.8 Å². The number of fused-ring (bicyclic) bond motifs is 1. The average Bonchev–Trinajstić information content (AvgIpc) is 3.13. The standard InChI is InChI=1S/C23H23NO6S/c1-28-16-8-6-14(12-18(16)29-2)13-19-21(26)20-15(25)7-9-17(22(20)31-19)30-23(27)24-10-4-3-5-11-24/h6-9,12-13,25H,3-5,10-11H2,1-2H3/b19-13-. The van der Waals surface area contributed by atoms with E-state index in [1.165, 1.54) is 23.9 Å². The Morgan fingerprint density at radius 1 is 1.03 bits per heavy atom. The van der Waals surface area contributed by atoms with E-state index < -0.39 is 6.09 Å². The fraction of sp³-hybridized carbons (Fsp3) is 0.304. The van der Waals surface area contributed by atoms with Gasteiger partial charge >= 0.3 is 6.09 Å². The maximum atomic E-state index is 13.0. The summed E-state index contributed by atoms with van der Waals surface area (Å²) >= 11 is 1.18. The van der Waals surface area contributed by atoms with Crippen molar-refractivity contribution in [2.24, 2.45) is 0 Å². The second kappa shape index (κ2) is 8.93. The molecule has 2 aliphatic rings. The highest BCUT2D eigenvalue weighted by molar-refractivity contribution is 8.05. The van der Waals surface area contributed by atoms with Crippen LogP contribution in [0.2, 0.25) is 0 Å². The Hall–Kier alpha value is -3.13. The minimum Gasteiger partial charge on any atom is -0.507 e. The lowest BCUT2D eigenvalue weighted by Crippen LogP contribution is -2.37. The molecule has 0 unspecified atom stereocenters. The van der Waals surface area contributed by atoms with E-state index in [2.05, 4.69) is 0 Å². The van der Waals surface area contributed by atoms with Gasteiger partial charge in [0.1, 0.15) is 11.5 Å². The molecule has 8 heteroatoms. The van der Waals surface area contributed by atoms with Crippen LogP contribution < -0.4 is 14.2 Å². The maximum absolute atomic E-state index is 13.0. The number of hydrogen-bond donors (Lipinski definition) is 1. The van der Waals surface area contributed by atoms with Gasteiger partial charge in [0.2, 0.25) is 5.78 Å². The molecule has 2 aliphatic heterocycles. The maximum Gasteiger partial charge on any atom is 0.415 e. The zero-order chi connectivity index (χ0) is 22.0. The number of thioether (sulfide) groups is 1. The third kappa shape index (κ3) is 4.20. The van der Waals surface area contributed by atoms with E-state index in [0.29, 0.717) is 34.4 Å². The summed E-state index contributed by atoms with van der Waals surface area (Å²) in [5.74, 6) is 0.952. The normalized spacial score (nSPS) is 16.9. The first-order valence-electron chi connectivity index (χ1n) is 10.0. The molecule has 162 valence electrons. The van der Waals surface area contributed by atoms with Crippen LogP contribution in [0.3, 0.4) is 0 Å². The molecule has 0 spiro atoms. The van der Waals surface area contributed by atoms with Crippen LogP contribution in [0.1, 0.15) is 35.2 Å². The van der Waals surface area contributed by atoms with Gasteiger partial charge in [-0.2, -0.15) is 0 Å². The number of allylic oxidation sites excluding steroid dienone is 1. The third-order valence-corrected chi connectivity index (χ3v) is 6.41. The van der Waals surface area contributed by atoms with Gasteiger partial charge in [-0.05, 0) is 55.2 Å². The van der Waals surface area contributed by atoms with E-state index in [0.717, 1.165) is 24.8 Å². The zero-order valence-electron chi connectivity index (χ0n) is 17.3. The third-order valence-electron chi connectivity index (χ3n) is 5.28. The smallest absolute Gasteiger partial charge is 0.415 e. The van der Waals surface area contributed by atoms with Gasteiger partial charge in [-0.15, -0.1) is 0 Å². The fourth-order valence-corrected chi connectivity index (χ4v) is 4.78. The van der Waals surface area contributed by atoms with Gasteiger partial charge in [0.05, 0.1) is 29.6 Å². The SMILES string of the molecule is COc1ccc(/C=C2\Sc3c(OC(=O)N4CCCCC4)ccc(O)c3C2=O)cc1OC. The number of likely N-dealkylation sites (tertiary alicyclic amines) is 1. The van der Waals surface area contributed by atoms with Crippen LogP contribution in [0.5, 0.6) is 23.0 Å². The van der Waals surface area contributed by atoms with Crippen LogP contribution in [0.25, 0.3) is 6.08 Å². The Balaban J connectivity index is 1.62. The lowest BCUT2D eigenvalue weighted by Gasteiger charge is -2.26. The number of piperidine rings is 1. The van der Waals surface area contributed by atoms with Crippen LogP contribution >= 0.6 is 11.8 Å². The van der Waals surface area contributed by atoms with E-state index in [1.807, 2.05) is 6.07 Å². The largest absolute Gasteiger partial charge is 0.507 e. The number of rotatable bonds is 4. The van der Waals surface area contributed by atoms with Crippen molar-refractivity contribution >= 4 is 29.7 Å². The second-order valence-electron chi connectivity index (χ2n) is 7.26. The Bertz CT molecular complexity index is 1060. The van der Waals surface area contributed by atoms with Gasteiger partial charge < -0.3 is 24.2 Å². The molecular weight excluding hydrogens is 418 g/mol. The number of Topliss-reactive ketones (excluding diaryl/α,β-unsaturated/α-hetero) is 1. The molecule has 1 saturated heterocycles. The number of ketones is 1. The number of nitrogens with zero attached hydrogens (tertiary/aromatic N) is 1. The summed E-state index contributed by atoms with van der Waals surface area (Å²) in [5, 5.41) is 10.3. The van der Waals surface area contributed by atoms with Crippen LogP contribution in [0, 0.1) is 0 Å². The van der Waals surface area contributed by atoms with Crippen LogP contribution in [0.4, 0.5) is 4.79 Å². The van der Waals surface area contributed by atoms with Gasteiger partial charge in [0.25, 0.3) is 0 Å². The summed E-state index contributed by atoms with van der Waals surface area (Å²) < 4.78 is 16.2. The number of methoxy groups -OCH3 is 2. The monoisotopic (exact) mass is 441 g/mol. The van der Waals surface area contributed by atoms with Crippen molar-refractivity contribution in [2.45, 2.75) is 24.2 Å². The molecule has 0 saturated carbocycles. The lowest BCUT2D eigenvalue weighted by atomic mass is 10.1. The van der Waals surface area contributed by atoms with Gasteiger partial charge in [-0.25, -0.2) is 4.79 Å². The summed E-state index contributed by atoms with van der Waals surface area (Å²) in [6.07, 6.45) is 4.29. The first-order valence-corrected chi connectivity index (χ1v) is 10.8. The Morgan fingerprint density at radius 2 is 1.74 bits per heavy atom. The van der Waals surface area contributed by atoms with E-state index in [1.54, 1.807) is 37.3 Å². The number of phenols is 1. The molecule has 7 nitrogen and oxygen atoms in total. The molecule has 2 aromatic carbocycles. The van der Waals surface area contributed by atoms with E-state index in [-0.39, 0.29) is 22.8 Å². The van der Waals surface area contributed by atoms with Crippen molar-refractivity contribution in [1.82, 2.24) is 4.90 Å². The number of hydrogen-bond acceptors (Lipinski definition) is 7. The molecule has 1 fully saturated rings. The van der Waals surface area contributed by atoms with Crippen molar-refractivity contribution in [3.63, 3.8) is 0 Å². The lowest BCUT2D eigenvalue weighted by molar-refractivity contribution is 0.104. The molecule has 0 bridgehead atoms. The van der Waals surface area contributed by atoms with Crippen LogP contribution in [-0.4, -0.2) is 49.2 Å². The quantitative estimate of drug-likeness (QED) is 0.687. The molecule has 0 aliphatic carbocycles. The topological polar surface area (TPSA) is 85.3 Å². The first kappa shape index (κ1) is 21.1. The number of benzene rings is 2. The zero-order valence-corrected chi connectivity index (χ0v) is 18.2. The first-order chi connectivity index (χ1) is 15.0. The Kier molecular flexibility index (Phi) is 6.08. The van der Waals surface area contributed by atoms with E-state index in [4.69, 9.17) is 14.2 Å². The summed E-state index contributed by atoms with van der Waals surface area (Å²) in [4.78, 5) is 28.1. The Morgan fingerprint density at radius 3 is 2.45 bits per heavy atom. The summed E-state index contributed by atoms with van der Waals surface area (Å²) in [7, 11) is 3.10. The van der Waals surface area contributed by atoms with Crippen molar-refractivity contribution in [2.75, 3.05) is 27.3 Å². The number of carbonyl (C=O) groups is 2. The molecule has 4 rings (SSSR count). The van der Waals surface area contributed by atoms with Crippen LogP contribution in [0.15, 0.2) is 40.1 Å². The Labute approximate surface area is 184 Å². The minimum absolute atomic E-state index is 0.138. The predicted octanol–water partition coefficient (Wildman–Crippen LogP) is 4.72. The van der Waals surface area contributed by atoms with E-state index in [9.17, 15) is 14.7 Å². The highest BCUT2D eigenvalue weighted by Crippen LogP contribution is 2.49. The molecule has 0 radical (unpaired) electrons. The highest BCUT2D eigenvalue weighted by atomic mass is 32.2. The van der Waals surface area contributed by atoms with Crippen molar-refractivity contribution in [3.05, 3.63) is 46.4 Å². The highest BCUT2D eigenvalue weighted by Gasteiger charge is 2.33. The molecule has 2 aromatic rings. The summed E-state index contributed by atoms with van der Waals surface area (Å²) in [5.41, 5.74) is 0.897.